The highest BCUT2D eigenvalue weighted by Crippen LogP contribution is 2.30. The van der Waals surface area contributed by atoms with Crippen LogP contribution in [0.2, 0.25) is 0 Å². The molecule has 4 aromatic rings. The van der Waals surface area contributed by atoms with E-state index in [-0.39, 0.29) is 22.9 Å². The molecule has 0 unspecified atom stereocenters. The number of hydrogen-bond acceptors (Lipinski definition) is 5. The largest absolute Gasteiger partial charge is 0.384 e. The lowest BCUT2D eigenvalue weighted by Gasteiger charge is -2.27. The number of aromatic nitrogens is 2. The van der Waals surface area contributed by atoms with E-state index in [9.17, 15) is 19.2 Å². The van der Waals surface area contributed by atoms with Gasteiger partial charge in [-0.2, -0.15) is 0 Å². The van der Waals surface area contributed by atoms with Gasteiger partial charge in [-0.15, -0.1) is 0 Å². The van der Waals surface area contributed by atoms with E-state index in [1.54, 1.807) is 30.3 Å². The summed E-state index contributed by atoms with van der Waals surface area (Å²) in [5.41, 5.74) is 1.12. The van der Waals surface area contributed by atoms with Crippen LogP contribution >= 0.6 is 0 Å². The van der Waals surface area contributed by atoms with E-state index in [1.165, 1.54) is 4.90 Å². The molecule has 1 aliphatic heterocycles. The van der Waals surface area contributed by atoms with Crippen molar-refractivity contribution in [3.05, 3.63) is 86.4 Å². The Bertz CT molecular complexity index is 1480. The maximum absolute atomic E-state index is 12.9. The standard InChI is InChI=1S/C26H24N4O4/c31-23-17-10-7-13-20(22(17)24(32)29-28-23)27-14-3-1-2-4-15-30-25(33)18-11-5-8-16-9-6-12-19(21(16)18)26(30)34/h5-13,27H,1-4,14-15H2,(H,28,31)(H,29,32). The molecule has 3 aromatic carbocycles. The minimum absolute atomic E-state index is 0.230. The molecule has 0 aliphatic carbocycles. The Balaban J connectivity index is 1.14. The lowest BCUT2D eigenvalue weighted by molar-refractivity contribution is 0.0608. The maximum Gasteiger partial charge on any atom is 0.272 e. The van der Waals surface area contributed by atoms with Gasteiger partial charge in [-0.1, -0.05) is 43.2 Å². The summed E-state index contributed by atoms with van der Waals surface area (Å²) in [6, 6.07) is 16.2. The third-order valence-electron chi connectivity index (χ3n) is 6.31. The van der Waals surface area contributed by atoms with Gasteiger partial charge in [0.25, 0.3) is 22.9 Å². The molecule has 34 heavy (non-hydrogen) atoms. The third kappa shape index (κ3) is 3.77. The first-order valence-corrected chi connectivity index (χ1v) is 11.4. The molecule has 2 amide bonds. The van der Waals surface area contributed by atoms with Gasteiger partial charge in [-0.05, 0) is 42.5 Å². The molecule has 1 aliphatic rings. The number of nitrogens with one attached hydrogen (secondary N) is 3. The van der Waals surface area contributed by atoms with Crippen LogP contribution in [0.5, 0.6) is 0 Å². The Morgan fingerprint density at radius 2 is 1.32 bits per heavy atom. The van der Waals surface area contributed by atoms with E-state index >= 15 is 0 Å². The van der Waals surface area contributed by atoms with Gasteiger partial charge in [0.15, 0.2) is 0 Å². The summed E-state index contributed by atoms with van der Waals surface area (Å²) < 4.78 is 0. The number of hydrogen-bond donors (Lipinski definition) is 3. The molecule has 8 heteroatoms. The van der Waals surface area contributed by atoms with E-state index < -0.39 is 0 Å². The van der Waals surface area contributed by atoms with E-state index in [2.05, 4.69) is 15.5 Å². The number of nitrogens with zero attached hydrogens (tertiary/aromatic N) is 1. The average Bonchev–Trinajstić information content (AvgIpc) is 2.86. The number of unbranched alkanes of at least 4 members (excludes halogenated alkanes) is 3. The van der Waals surface area contributed by atoms with Crippen molar-refractivity contribution in [3.8, 4) is 0 Å². The zero-order chi connectivity index (χ0) is 23.7. The number of H-pyrrole nitrogens is 2. The SMILES string of the molecule is O=C1c2cccc3cccc(c23)C(=O)N1CCCCCCNc1cccc2c(=O)[nH][nH]c(=O)c12. The van der Waals surface area contributed by atoms with E-state index in [4.69, 9.17) is 0 Å². The zero-order valence-corrected chi connectivity index (χ0v) is 18.5. The average molecular weight is 457 g/mol. The van der Waals surface area contributed by atoms with Gasteiger partial charge in [0.2, 0.25) is 0 Å². The molecule has 0 saturated carbocycles. The molecule has 0 bridgehead atoms. The number of rotatable bonds is 8. The Morgan fingerprint density at radius 3 is 2.06 bits per heavy atom. The number of fused-ring (bicyclic) bond motifs is 1. The fourth-order valence-electron chi connectivity index (χ4n) is 4.63. The van der Waals surface area contributed by atoms with Gasteiger partial charge >= 0.3 is 0 Å². The Hall–Kier alpha value is -4.20. The number of carbonyl (C=O) groups excluding carboxylic acids is 2. The smallest absolute Gasteiger partial charge is 0.272 e. The summed E-state index contributed by atoms with van der Waals surface area (Å²) in [7, 11) is 0. The van der Waals surface area contributed by atoms with Crippen molar-refractivity contribution < 1.29 is 9.59 Å². The van der Waals surface area contributed by atoms with Crippen LogP contribution in [0.4, 0.5) is 5.69 Å². The first-order valence-electron chi connectivity index (χ1n) is 11.4. The van der Waals surface area contributed by atoms with Crippen molar-refractivity contribution in [2.24, 2.45) is 0 Å². The van der Waals surface area contributed by atoms with E-state index in [0.717, 1.165) is 36.5 Å². The predicted octanol–water partition coefficient (Wildman–Crippen LogP) is 3.64. The summed E-state index contributed by atoms with van der Waals surface area (Å²) in [5, 5.41) is 10.3. The van der Waals surface area contributed by atoms with Gasteiger partial charge in [0.1, 0.15) is 0 Å². The van der Waals surface area contributed by atoms with Crippen LogP contribution in [0.15, 0.2) is 64.2 Å². The van der Waals surface area contributed by atoms with Crippen molar-refractivity contribution in [2.45, 2.75) is 25.7 Å². The number of aromatic amines is 2. The van der Waals surface area contributed by atoms with Crippen LogP contribution in [-0.4, -0.2) is 40.0 Å². The van der Waals surface area contributed by atoms with Gasteiger partial charge in [-0.25, -0.2) is 0 Å². The van der Waals surface area contributed by atoms with Gasteiger partial charge in [-0.3, -0.25) is 34.3 Å². The zero-order valence-electron chi connectivity index (χ0n) is 18.5. The summed E-state index contributed by atoms with van der Waals surface area (Å²) in [5.74, 6) is -0.459. The van der Waals surface area contributed by atoms with Crippen molar-refractivity contribution in [2.75, 3.05) is 18.4 Å². The number of imide groups is 1. The number of anilines is 1. The predicted molar refractivity (Wildman–Crippen MR) is 131 cm³/mol. The van der Waals surface area contributed by atoms with Crippen molar-refractivity contribution >= 4 is 39.0 Å². The molecule has 0 saturated heterocycles. The number of amides is 2. The molecular formula is C26H24N4O4. The highest BCUT2D eigenvalue weighted by Gasteiger charge is 2.31. The second-order valence-corrected chi connectivity index (χ2v) is 8.45. The summed E-state index contributed by atoms with van der Waals surface area (Å²) in [4.78, 5) is 51.3. The van der Waals surface area contributed by atoms with Crippen LogP contribution in [-0.2, 0) is 0 Å². The van der Waals surface area contributed by atoms with Crippen molar-refractivity contribution in [1.29, 1.82) is 0 Å². The summed E-state index contributed by atoms with van der Waals surface area (Å²) >= 11 is 0. The number of carbonyl (C=O) groups is 2. The molecule has 2 heterocycles. The molecule has 1 aromatic heterocycles. The fourth-order valence-corrected chi connectivity index (χ4v) is 4.63. The van der Waals surface area contributed by atoms with Crippen LogP contribution in [0.3, 0.4) is 0 Å². The monoisotopic (exact) mass is 456 g/mol. The van der Waals surface area contributed by atoms with Gasteiger partial charge < -0.3 is 5.32 Å². The van der Waals surface area contributed by atoms with Crippen LogP contribution in [0.25, 0.3) is 21.5 Å². The topological polar surface area (TPSA) is 115 Å². The fraction of sp³-hybridized carbons (Fsp3) is 0.231. The molecule has 0 spiro atoms. The van der Waals surface area contributed by atoms with Crippen LogP contribution in [0, 0.1) is 0 Å². The van der Waals surface area contributed by atoms with Gasteiger partial charge in [0.05, 0.1) is 10.8 Å². The highest BCUT2D eigenvalue weighted by atomic mass is 16.2. The second-order valence-electron chi connectivity index (χ2n) is 8.45. The molecule has 5 rings (SSSR count). The Kier molecular flexibility index (Phi) is 5.71. The van der Waals surface area contributed by atoms with E-state index in [1.807, 2.05) is 24.3 Å². The summed E-state index contributed by atoms with van der Waals surface area (Å²) in [6.45, 7) is 1.03. The lowest BCUT2D eigenvalue weighted by Crippen LogP contribution is -2.40. The first-order chi connectivity index (χ1) is 16.6. The molecule has 172 valence electrons. The van der Waals surface area contributed by atoms with Gasteiger partial charge in [0, 0.05) is 35.3 Å². The Morgan fingerprint density at radius 1 is 0.676 bits per heavy atom. The van der Waals surface area contributed by atoms with Crippen LogP contribution < -0.4 is 16.4 Å². The minimum Gasteiger partial charge on any atom is -0.384 e. The Labute approximate surface area is 194 Å². The minimum atomic E-state index is -0.342. The van der Waals surface area contributed by atoms with Crippen LogP contribution in [0.1, 0.15) is 46.4 Å². The molecule has 0 radical (unpaired) electrons. The van der Waals surface area contributed by atoms with Crippen molar-refractivity contribution in [3.63, 3.8) is 0 Å². The molecule has 3 N–H and O–H groups in total. The second kappa shape index (κ2) is 8.97. The quantitative estimate of drug-likeness (QED) is 0.277. The number of benzene rings is 3. The summed E-state index contributed by atoms with van der Waals surface area (Å²) in [6.07, 6.45) is 3.33. The van der Waals surface area contributed by atoms with Crippen molar-refractivity contribution in [1.82, 2.24) is 15.1 Å². The molecule has 8 nitrogen and oxygen atoms in total. The highest BCUT2D eigenvalue weighted by molar-refractivity contribution is 6.25. The normalized spacial score (nSPS) is 13.1. The van der Waals surface area contributed by atoms with E-state index in [0.29, 0.717) is 40.7 Å². The molecule has 0 fully saturated rings. The maximum atomic E-state index is 12.9. The third-order valence-corrected chi connectivity index (χ3v) is 6.31. The molecule has 0 atom stereocenters. The molecular weight excluding hydrogens is 432 g/mol. The lowest BCUT2D eigenvalue weighted by atomic mass is 9.94. The first kappa shape index (κ1) is 21.6.